The van der Waals surface area contributed by atoms with Crippen LogP contribution in [-0.2, 0) is 4.79 Å². The van der Waals surface area contributed by atoms with E-state index in [1.54, 1.807) is 6.92 Å². The molecule has 0 heterocycles. The summed E-state index contributed by atoms with van der Waals surface area (Å²) in [6.07, 6.45) is 0.349. The van der Waals surface area contributed by atoms with Crippen LogP contribution < -0.4 is 5.32 Å². The van der Waals surface area contributed by atoms with Crippen molar-refractivity contribution in [3.05, 3.63) is 35.9 Å². The molecule has 0 bridgehead atoms. The van der Waals surface area contributed by atoms with Crippen molar-refractivity contribution in [2.75, 3.05) is 0 Å². The zero-order valence-electron chi connectivity index (χ0n) is 11.2. The van der Waals surface area contributed by atoms with Gasteiger partial charge >= 0.3 is 0 Å². The molecule has 0 saturated heterocycles. The summed E-state index contributed by atoms with van der Waals surface area (Å²) in [7, 11) is 0. The molecule has 0 aromatic heterocycles. The van der Waals surface area contributed by atoms with Crippen LogP contribution in [0.3, 0.4) is 0 Å². The van der Waals surface area contributed by atoms with Gasteiger partial charge in [-0.25, -0.2) is 0 Å². The van der Waals surface area contributed by atoms with Gasteiger partial charge < -0.3 is 10.4 Å². The maximum absolute atomic E-state index is 12.1. The van der Waals surface area contributed by atoms with Gasteiger partial charge in [0.15, 0.2) is 0 Å². The largest absolute Gasteiger partial charge is 0.391 e. The lowest BCUT2D eigenvalue weighted by Crippen LogP contribution is -2.51. The maximum Gasteiger partial charge on any atom is 0.224 e. The number of rotatable bonds is 4. The van der Waals surface area contributed by atoms with Crippen molar-refractivity contribution in [3.63, 3.8) is 0 Å². The average Bonchev–Trinajstić information content (AvgIpc) is 3.09. The molecule has 0 radical (unpaired) electrons. The Hall–Kier alpha value is -1.35. The molecular weight excluding hydrogens is 226 g/mol. The number of amides is 1. The van der Waals surface area contributed by atoms with Gasteiger partial charge in [-0.15, -0.1) is 0 Å². The molecule has 1 aliphatic carbocycles. The van der Waals surface area contributed by atoms with Crippen LogP contribution in [0.25, 0.3) is 0 Å². The van der Waals surface area contributed by atoms with E-state index in [0.29, 0.717) is 5.92 Å². The molecule has 1 aliphatic rings. The van der Waals surface area contributed by atoms with Gasteiger partial charge in [0, 0.05) is 5.92 Å². The monoisotopic (exact) mass is 247 g/mol. The number of aliphatic hydroxyl groups is 1. The standard InChI is InChI=1S/C15H21NO2/c1-10(17)15(2,3)16-14(18)13-9-12(13)11-7-5-4-6-8-11/h4-8,10,12-13,17H,9H2,1-3H3,(H,16,18). The summed E-state index contributed by atoms with van der Waals surface area (Å²) >= 11 is 0. The van der Waals surface area contributed by atoms with Crippen molar-refractivity contribution in [1.82, 2.24) is 5.32 Å². The molecule has 98 valence electrons. The molecule has 0 aliphatic heterocycles. The first-order valence-corrected chi connectivity index (χ1v) is 6.47. The van der Waals surface area contributed by atoms with Crippen molar-refractivity contribution in [2.45, 2.75) is 44.8 Å². The van der Waals surface area contributed by atoms with Crippen molar-refractivity contribution in [1.29, 1.82) is 0 Å². The Morgan fingerprint density at radius 2 is 2.00 bits per heavy atom. The summed E-state index contributed by atoms with van der Waals surface area (Å²) in [4.78, 5) is 12.1. The number of carbonyl (C=O) groups is 1. The molecule has 18 heavy (non-hydrogen) atoms. The molecular formula is C15H21NO2. The van der Waals surface area contributed by atoms with Gasteiger partial charge in [0.25, 0.3) is 0 Å². The third-order valence-electron chi connectivity index (χ3n) is 3.84. The zero-order chi connectivity index (χ0) is 13.3. The number of benzene rings is 1. The van der Waals surface area contributed by atoms with Crippen LogP contribution in [0.5, 0.6) is 0 Å². The van der Waals surface area contributed by atoms with Crippen LogP contribution in [0.1, 0.15) is 38.7 Å². The minimum absolute atomic E-state index is 0.0507. The van der Waals surface area contributed by atoms with E-state index in [1.807, 2.05) is 32.0 Å². The molecule has 1 aromatic carbocycles. The van der Waals surface area contributed by atoms with Crippen molar-refractivity contribution >= 4 is 5.91 Å². The van der Waals surface area contributed by atoms with E-state index in [9.17, 15) is 9.90 Å². The Balaban J connectivity index is 1.94. The average molecular weight is 247 g/mol. The third-order valence-corrected chi connectivity index (χ3v) is 3.84. The number of carbonyl (C=O) groups excluding carboxylic acids is 1. The Bertz CT molecular complexity index is 425. The summed E-state index contributed by atoms with van der Waals surface area (Å²) in [5.74, 6) is 0.455. The van der Waals surface area contributed by atoms with Crippen LogP contribution in [0.2, 0.25) is 0 Å². The van der Waals surface area contributed by atoms with Gasteiger partial charge in [-0.3, -0.25) is 4.79 Å². The maximum atomic E-state index is 12.1. The third kappa shape index (κ3) is 2.72. The Morgan fingerprint density at radius 3 is 2.56 bits per heavy atom. The van der Waals surface area contributed by atoms with E-state index in [4.69, 9.17) is 0 Å². The highest BCUT2D eigenvalue weighted by atomic mass is 16.3. The van der Waals surface area contributed by atoms with E-state index in [1.165, 1.54) is 5.56 Å². The number of nitrogens with one attached hydrogen (secondary N) is 1. The van der Waals surface area contributed by atoms with Crippen LogP contribution in [0, 0.1) is 5.92 Å². The molecule has 3 nitrogen and oxygen atoms in total. The van der Waals surface area contributed by atoms with Crippen LogP contribution in [0.4, 0.5) is 0 Å². The molecule has 1 aromatic rings. The Kier molecular flexibility index (Phi) is 3.44. The van der Waals surface area contributed by atoms with E-state index in [2.05, 4.69) is 17.4 Å². The first kappa shape index (κ1) is 13.1. The van der Waals surface area contributed by atoms with E-state index >= 15 is 0 Å². The lowest BCUT2D eigenvalue weighted by Gasteiger charge is -2.29. The highest BCUT2D eigenvalue weighted by molar-refractivity contribution is 5.83. The molecule has 2 rings (SSSR count). The van der Waals surface area contributed by atoms with Crippen molar-refractivity contribution in [3.8, 4) is 0 Å². The van der Waals surface area contributed by atoms with Gasteiger partial charge in [-0.2, -0.15) is 0 Å². The first-order valence-electron chi connectivity index (χ1n) is 6.47. The van der Waals surface area contributed by atoms with Gasteiger partial charge in [-0.1, -0.05) is 30.3 Å². The van der Waals surface area contributed by atoms with Gasteiger partial charge in [0.05, 0.1) is 11.6 Å². The highest BCUT2D eigenvalue weighted by Crippen LogP contribution is 2.47. The zero-order valence-corrected chi connectivity index (χ0v) is 11.2. The predicted molar refractivity (Wildman–Crippen MR) is 71.2 cm³/mol. The van der Waals surface area contributed by atoms with Crippen molar-refractivity contribution < 1.29 is 9.90 Å². The summed E-state index contributed by atoms with van der Waals surface area (Å²) in [6.45, 7) is 5.38. The molecule has 3 heteroatoms. The SMILES string of the molecule is CC(O)C(C)(C)NC(=O)C1CC1c1ccccc1. The number of aliphatic hydroxyl groups excluding tert-OH is 1. The van der Waals surface area contributed by atoms with Crippen LogP contribution in [-0.4, -0.2) is 22.7 Å². The van der Waals surface area contributed by atoms with Gasteiger partial charge in [0.2, 0.25) is 5.91 Å². The first-order chi connectivity index (χ1) is 8.42. The Morgan fingerprint density at radius 1 is 1.39 bits per heavy atom. The second-order valence-corrected chi connectivity index (χ2v) is 5.75. The molecule has 3 atom stereocenters. The molecule has 1 fully saturated rings. The Labute approximate surface area is 108 Å². The van der Waals surface area contributed by atoms with E-state index in [-0.39, 0.29) is 11.8 Å². The van der Waals surface area contributed by atoms with Crippen molar-refractivity contribution in [2.24, 2.45) is 5.92 Å². The van der Waals surface area contributed by atoms with Crippen LogP contribution in [0.15, 0.2) is 30.3 Å². The fraction of sp³-hybridized carbons (Fsp3) is 0.533. The van der Waals surface area contributed by atoms with Gasteiger partial charge in [0.1, 0.15) is 0 Å². The summed E-state index contributed by atoms with van der Waals surface area (Å²) < 4.78 is 0. The summed E-state index contributed by atoms with van der Waals surface area (Å²) in [6, 6.07) is 10.1. The van der Waals surface area contributed by atoms with E-state index in [0.717, 1.165) is 6.42 Å². The second-order valence-electron chi connectivity index (χ2n) is 5.75. The normalized spacial score (nSPS) is 24.4. The lowest BCUT2D eigenvalue weighted by atomic mass is 9.98. The topological polar surface area (TPSA) is 49.3 Å². The molecule has 1 saturated carbocycles. The fourth-order valence-electron chi connectivity index (χ4n) is 2.07. The van der Waals surface area contributed by atoms with Crippen LogP contribution >= 0.6 is 0 Å². The number of hydrogen-bond acceptors (Lipinski definition) is 2. The minimum Gasteiger partial charge on any atom is -0.391 e. The predicted octanol–water partition coefficient (Wildman–Crippen LogP) is 2.07. The molecule has 2 N–H and O–H groups in total. The summed E-state index contributed by atoms with van der Waals surface area (Å²) in [5, 5.41) is 12.5. The van der Waals surface area contributed by atoms with Gasteiger partial charge in [-0.05, 0) is 38.7 Å². The quantitative estimate of drug-likeness (QED) is 0.855. The number of hydrogen-bond donors (Lipinski definition) is 2. The second kappa shape index (κ2) is 4.73. The summed E-state index contributed by atoms with van der Waals surface area (Å²) in [5.41, 5.74) is 0.661. The minimum atomic E-state index is -0.569. The van der Waals surface area contributed by atoms with E-state index < -0.39 is 11.6 Å². The molecule has 3 unspecified atom stereocenters. The fourth-order valence-corrected chi connectivity index (χ4v) is 2.07. The highest BCUT2D eigenvalue weighted by Gasteiger charge is 2.45. The lowest BCUT2D eigenvalue weighted by molar-refractivity contribution is -0.125. The molecule has 0 spiro atoms. The smallest absolute Gasteiger partial charge is 0.224 e. The molecule has 1 amide bonds.